The quantitative estimate of drug-likeness (QED) is 0.270. The van der Waals surface area contributed by atoms with E-state index < -0.39 is 65.5 Å². The molecule has 2 aromatic heterocycles. The van der Waals surface area contributed by atoms with Gasteiger partial charge in [0.05, 0.1) is 11.3 Å². The number of pyridine rings is 1. The molecule has 2 amide bonds. The molecule has 3 heterocycles. The second kappa shape index (κ2) is 7.88. The maximum absolute atomic E-state index is 14.4. The van der Waals surface area contributed by atoms with Crippen molar-refractivity contribution in [2.24, 2.45) is 5.92 Å². The first kappa shape index (κ1) is 24.0. The van der Waals surface area contributed by atoms with Gasteiger partial charge in [-0.3, -0.25) is 19.4 Å². The summed E-state index contributed by atoms with van der Waals surface area (Å²) < 4.78 is 68.9. The number of carbonyl (C=O) groups is 3. The fourth-order valence-electron chi connectivity index (χ4n) is 5.27. The maximum Gasteiger partial charge on any atom is 0.293 e. The van der Waals surface area contributed by atoms with Gasteiger partial charge in [0.15, 0.2) is 5.82 Å². The van der Waals surface area contributed by atoms with Crippen molar-refractivity contribution in [3.63, 3.8) is 0 Å². The first-order valence-corrected chi connectivity index (χ1v) is 11.1. The molecule has 2 aliphatic carbocycles. The lowest BCUT2D eigenvalue weighted by Gasteiger charge is -2.43. The lowest BCUT2D eigenvalue weighted by Crippen LogP contribution is -2.62. The van der Waals surface area contributed by atoms with Gasteiger partial charge in [-0.25, -0.2) is 22.0 Å². The lowest BCUT2D eigenvalue weighted by molar-refractivity contribution is -0.133. The summed E-state index contributed by atoms with van der Waals surface area (Å²) in [5.41, 5.74) is -2.78. The van der Waals surface area contributed by atoms with E-state index in [2.05, 4.69) is 21.5 Å². The maximum atomic E-state index is 14.4. The summed E-state index contributed by atoms with van der Waals surface area (Å²) in [4.78, 5) is 42.3. The van der Waals surface area contributed by atoms with Crippen molar-refractivity contribution >= 4 is 23.3 Å². The molecule has 0 spiro atoms. The minimum Gasteiger partial charge on any atom is -0.336 e. The van der Waals surface area contributed by atoms with Crippen LogP contribution in [0.15, 0.2) is 12.3 Å². The lowest BCUT2D eigenvalue weighted by atomic mass is 9.74. The number of rotatable bonds is 6. The number of ketones is 1. The highest BCUT2D eigenvalue weighted by molar-refractivity contribution is 6.44. The summed E-state index contributed by atoms with van der Waals surface area (Å²) in [7, 11) is 0. The molecule has 2 aromatic rings. The van der Waals surface area contributed by atoms with Crippen molar-refractivity contribution in [3.05, 3.63) is 46.3 Å². The first-order valence-electron chi connectivity index (χ1n) is 11.1. The Morgan fingerprint density at radius 3 is 2.58 bits per heavy atom. The highest BCUT2D eigenvalue weighted by Crippen LogP contribution is 2.54. The van der Waals surface area contributed by atoms with Gasteiger partial charge in [0.25, 0.3) is 29.9 Å². The number of carbonyl (C=O) groups excluding carboxylic acids is 3. The van der Waals surface area contributed by atoms with E-state index in [-0.39, 0.29) is 28.8 Å². The van der Waals surface area contributed by atoms with Gasteiger partial charge < -0.3 is 15.2 Å². The van der Waals surface area contributed by atoms with E-state index in [1.807, 2.05) is 0 Å². The Morgan fingerprint density at radius 1 is 1.28 bits per heavy atom. The molecule has 2 N–H and O–H groups in total. The van der Waals surface area contributed by atoms with Crippen LogP contribution in [0.3, 0.4) is 0 Å². The van der Waals surface area contributed by atoms with Gasteiger partial charge in [0.2, 0.25) is 0 Å². The molecule has 3 aliphatic rings. The van der Waals surface area contributed by atoms with E-state index in [1.165, 1.54) is 6.92 Å². The molecule has 188 valence electrons. The minimum absolute atomic E-state index is 0.0113. The first-order chi connectivity index (χ1) is 16.9. The molecule has 36 heavy (non-hydrogen) atoms. The van der Waals surface area contributed by atoms with Gasteiger partial charge in [-0.05, 0) is 37.3 Å². The molecular weight excluding hydrogens is 487 g/mol. The zero-order valence-corrected chi connectivity index (χ0v) is 18.8. The molecule has 1 aliphatic heterocycles. The zero-order valence-electron chi connectivity index (χ0n) is 18.8. The van der Waals surface area contributed by atoms with Crippen molar-refractivity contribution in [3.8, 4) is 12.3 Å². The number of nitrogens with one attached hydrogen (secondary N) is 2. The number of hydrogen-bond donors (Lipinski definition) is 2. The average molecular weight is 506 g/mol. The Hall–Kier alpha value is -3.75. The van der Waals surface area contributed by atoms with Gasteiger partial charge >= 0.3 is 0 Å². The standard InChI is InChI=1S/C24H19F5N4O3/c1-3-23(8-24(28,29)9-23)32-22(36)19(34)15-10(2)18(33-13-6-11(13)7-14(15)33)21(35)31-12-4-5-30-17(16(12)25)20(26)27/h1,4-5,11,13,20H,6-9H2,2H3,(H,32,36)(H,30,31,35)/t11-,13-/m1/s1. The van der Waals surface area contributed by atoms with E-state index in [4.69, 9.17) is 6.42 Å². The normalized spacial score (nSPS) is 22.2. The Bertz CT molecular complexity index is 1370. The molecule has 2 saturated carbocycles. The van der Waals surface area contributed by atoms with Crippen LogP contribution in [0.25, 0.3) is 0 Å². The fraction of sp³-hybridized carbons (Fsp3) is 0.417. The fourth-order valence-corrected chi connectivity index (χ4v) is 5.27. The second-order valence-electron chi connectivity index (χ2n) is 9.46. The van der Waals surface area contributed by atoms with Crippen molar-refractivity contribution in [1.82, 2.24) is 14.9 Å². The largest absolute Gasteiger partial charge is 0.336 e. The van der Waals surface area contributed by atoms with Gasteiger partial charge in [0, 0.05) is 30.8 Å². The highest BCUT2D eigenvalue weighted by atomic mass is 19.3. The van der Waals surface area contributed by atoms with Crippen molar-refractivity contribution in [2.45, 2.75) is 56.5 Å². The van der Waals surface area contributed by atoms with Crippen LogP contribution in [0, 0.1) is 31.0 Å². The number of terminal acetylenes is 1. The van der Waals surface area contributed by atoms with E-state index in [1.54, 1.807) is 4.57 Å². The number of amides is 2. The number of hydrogen-bond acceptors (Lipinski definition) is 4. The molecule has 0 saturated heterocycles. The molecule has 5 rings (SSSR count). The topological polar surface area (TPSA) is 93.1 Å². The minimum atomic E-state index is -3.20. The molecule has 0 unspecified atom stereocenters. The van der Waals surface area contributed by atoms with Crippen molar-refractivity contribution in [2.75, 3.05) is 5.32 Å². The Balaban J connectivity index is 1.46. The third-order valence-corrected chi connectivity index (χ3v) is 6.99. The molecule has 12 heteroatoms. The van der Waals surface area contributed by atoms with Gasteiger partial charge in [0.1, 0.15) is 16.9 Å². The van der Waals surface area contributed by atoms with Crippen LogP contribution in [0.1, 0.15) is 69.5 Å². The Kier molecular flexibility index (Phi) is 5.24. The summed E-state index contributed by atoms with van der Waals surface area (Å²) in [5.74, 6) is -5.22. The van der Waals surface area contributed by atoms with E-state index in [9.17, 15) is 36.3 Å². The molecule has 2 fully saturated rings. The Morgan fingerprint density at radius 2 is 1.97 bits per heavy atom. The molecule has 0 radical (unpaired) electrons. The molecule has 0 aromatic carbocycles. The number of halogens is 5. The summed E-state index contributed by atoms with van der Waals surface area (Å²) in [6, 6.07) is 0.917. The molecular formula is C24H19F5N4O3. The SMILES string of the molecule is C#CC1(NC(=O)C(=O)c2c(C)c(C(=O)Nc3ccnc(C(F)F)c3F)n3c2C[C@H]2C[C@H]23)CC(F)(F)C1. The van der Waals surface area contributed by atoms with E-state index in [0.29, 0.717) is 12.1 Å². The number of fused-ring (bicyclic) bond motifs is 3. The van der Waals surface area contributed by atoms with Crippen LogP contribution >= 0.6 is 0 Å². The summed E-state index contributed by atoms with van der Waals surface area (Å²) in [6.07, 6.45) is 2.62. The van der Waals surface area contributed by atoms with Crippen molar-refractivity contribution in [1.29, 1.82) is 0 Å². The highest BCUT2D eigenvalue weighted by Gasteiger charge is 2.57. The van der Waals surface area contributed by atoms with Gasteiger partial charge in [-0.2, -0.15) is 0 Å². The smallest absolute Gasteiger partial charge is 0.293 e. The monoisotopic (exact) mass is 506 g/mol. The number of aromatic nitrogens is 2. The third kappa shape index (κ3) is 3.65. The van der Waals surface area contributed by atoms with Crippen LogP contribution in [0.4, 0.5) is 27.6 Å². The predicted octanol–water partition coefficient (Wildman–Crippen LogP) is 3.74. The summed E-state index contributed by atoms with van der Waals surface area (Å²) >= 11 is 0. The van der Waals surface area contributed by atoms with Crippen LogP contribution in [-0.4, -0.2) is 38.6 Å². The van der Waals surface area contributed by atoms with Crippen LogP contribution < -0.4 is 10.6 Å². The molecule has 7 nitrogen and oxygen atoms in total. The molecule has 0 bridgehead atoms. The zero-order chi connectivity index (χ0) is 26.2. The summed E-state index contributed by atoms with van der Waals surface area (Å²) in [6.45, 7) is 1.43. The number of alkyl halides is 4. The van der Waals surface area contributed by atoms with Gasteiger partial charge in [-0.1, -0.05) is 5.92 Å². The number of anilines is 1. The second-order valence-corrected chi connectivity index (χ2v) is 9.46. The number of Topliss-reactive ketones (excluding diaryl/α,β-unsaturated/α-hetero) is 1. The number of nitrogens with zero attached hydrogens (tertiary/aromatic N) is 2. The third-order valence-electron chi connectivity index (χ3n) is 6.99. The van der Waals surface area contributed by atoms with Crippen LogP contribution in [-0.2, 0) is 11.2 Å². The molecule has 2 atom stereocenters. The predicted molar refractivity (Wildman–Crippen MR) is 115 cm³/mol. The van der Waals surface area contributed by atoms with Crippen molar-refractivity contribution < 1.29 is 36.3 Å². The van der Waals surface area contributed by atoms with Crippen LogP contribution in [0.2, 0.25) is 0 Å². The van der Waals surface area contributed by atoms with E-state index >= 15 is 0 Å². The van der Waals surface area contributed by atoms with Crippen LogP contribution in [0.5, 0.6) is 0 Å². The van der Waals surface area contributed by atoms with E-state index in [0.717, 1.165) is 18.7 Å². The Labute approximate surface area is 201 Å². The average Bonchev–Trinajstić information content (AvgIpc) is 3.36. The summed E-state index contributed by atoms with van der Waals surface area (Å²) in [5, 5.41) is 4.49. The van der Waals surface area contributed by atoms with Gasteiger partial charge in [-0.15, -0.1) is 6.42 Å².